The number of aromatic nitrogens is 4. The van der Waals surface area contributed by atoms with Gasteiger partial charge in [0.1, 0.15) is 5.82 Å². The molecule has 2 heterocycles. The van der Waals surface area contributed by atoms with Gasteiger partial charge in [-0.2, -0.15) is 9.50 Å². The summed E-state index contributed by atoms with van der Waals surface area (Å²) in [5.74, 6) is -0.649. The molecule has 0 N–H and O–H groups in total. The molecule has 0 bridgehead atoms. The molecule has 0 amide bonds. The second-order valence-electron chi connectivity index (χ2n) is 7.25. The molecule has 0 aliphatic heterocycles. The van der Waals surface area contributed by atoms with Crippen LogP contribution in [0.15, 0.2) is 47.4 Å². The van der Waals surface area contributed by atoms with Crippen LogP contribution in [0.25, 0.3) is 5.78 Å². The van der Waals surface area contributed by atoms with Crippen LogP contribution in [0.3, 0.4) is 0 Å². The zero-order chi connectivity index (χ0) is 23.2. The Morgan fingerprint density at radius 2 is 1.72 bits per heavy atom. The monoisotopic (exact) mass is 493 g/mol. The fourth-order valence-electron chi connectivity index (χ4n) is 3.18. The first-order chi connectivity index (χ1) is 15.1. The van der Waals surface area contributed by atoms with Crippen LogP contribution in [0.5, 0.6) is 0 Å². The number of nitrogens with zero attached hydrogens (tertiary/aromatic N) is 5. The number of hydrogen-bond acceptors (Lipinski definition) is 5. The molecule has 0 aliphatic rings. The number of hydrogen-bond donors (Lipinski definition) is 0. The van der Waals surface area contributed by atoms with Crippen LogP contribution in [0, 0.1) is 26.6 Å². The Morgan fingerprint density at radius 3 is 2.38 bits per heavy atom. The first kappa shape index (κ1) is 22.4. The smallest absolute Gasteiger partial charge is 0.228 e. The number of halogens is 3. The molecule has 32 heavy (non-hydrogen) atoms. The third kappa shape index (κ3) is 3.92. The van der Waals surface area contributed by atoms with Gasteiger partial charge in [-0.25, -0.2) is 22.1 Å². The first-order valence-corrected chi connectivity index (χ1v) is 11.7. The van der Waals surface area contributed by atoms with Gasteiger partial charge in [-0.15, -0.1) is 5.10 Å². The van der Waals surface area contributed by atoms with Gasteiger partial charge in [0.2, 0.25) is 0 Å². The van der Waals surface area contributed by atoms with E-state index < -0.39 is 22.4 Å². The van der Waals surface area contributed by atoms with E-state index in [1.165, 1.54) is 34.8 Å². The van der Waals surface area contributed by atoms with E-state index in [-0.39, 0.29) is 27.2 Å². The molecular formula is C21H18Cl2FN5O2S. The Kier molecular flexibility index (Phi) is 5.83. The quantitative estimate of drug-likeness (QED) is 0.395. The summed E-state index contributed by atoms with van der Waals surface area (Å²) in [6.07, 6.45) is 0. The fraction of sp³-hybridized carbons (Fsp3) is 0.190. The largest absolute Gasteiger partial charge is 0.267 e. The highest BCUT2D eigenvalue weighted by atomic mass is 35.5. The van der Waals surface area contributed by atoms with E-state index >= 15 is 0 Å². The van der Waals surface area contributed by atoms with E-state index in [9.17, 15) is 12.8 Å². The maximum atomic E-state index is 14.6. The van der Waals surface area contributed by atoms with Crippen LogP contribution >= 0.6 is 23.2 Å². The molecule has 0 aliphatic carbocycles. The van der Waals surface area contributed by atoms with Crippen molar-refractivity contribution in [3.63, 3.8) is 0 Å². The Labute approximate surface area is 194 Å². The van der Waals surface area contributed by atoms with Gasteiger partial charge in [0.25, 0.3) is 21.7 Å². The minimum absolute atomic E-state index is 0.00241. The van der Waals surface area contributed by atoms with E-state index in [0.29, 0.717) is 16.4 Å². The number of aryl methyl sites for hydroxylation is 3. The molecule has 11 heteroatoms. The van der Waals surface area contributed by atoms with E-state index in [4.69, 9.17) is 23.2 Å². The molecule has 0 spiro atoms. The van der Waals surface area contributed by atoms with E-state index in [0.717, 1.165) is 9.87 Å². The second-order valence-corrected chi connectivity index (χ2v) is 9.89. The average Bonchev–Trinajstić information content (AvgIpc) is 3.15. The maximum Gasteiger partial charge on any atom is 0.267 e. The summed E-state index contributed by atoms with van der Waals surface area (Å²) >= 11 is 12.5. The van der Waals surface area contributed by atoms with Crippen LogP contribution in [0.2, 0.25) is 10.0 Å². The van der Waals surface area contributed by atoms with Crippen molar-refractivity contribution in [1.29, 1.82) is 0 Å². The molecule has 0 atom stereocenters. The third-order valence-electron chi connectivity index (χ3n) is 5.00. The molecule has 4 aromatic rings. The summed E-state index contributed by atoms with van der Waals surface area (Å²) in [6.45, 7) is 4.86. The van der Waals surface area contributed by atoms with Crippen molar-refractivity contribution >= 4 is 45.0 Å². The summed E-state index contributed by atoms with van der Waals surface area (Å²) in [6, 6.07) is 10.4. The van der Waals surface area contributed by atoms with Crippen LogP contribution in [-0.4, -0.2) is 28.0 Å². The lowest BCUT2D eigenvalue weighted by Gasteiger charge is -2.22. The predicted octanol–water partition coefficient (Wildman–Crippen LogP) is 4.89. The van der Waals surface area contributed by atoms with E-state index in [2.05, 4.69) is 15.1 Å². The van der Waals surface area contributed by atoms with Gasteiger partial charge < -0.3 is 0 Å². The van der Waals surface area contributed by atoms with Crippen molar-refractivity contribution in [3.8, 4) is 0 Å². The second kappa shape index (κ2) is 8.31. The highest BCUT2D eigenvalue weighted by Crippen LogP contribution is 2.29. The molecular weight excluding hydrogens is 476 g/mol. The van der Waals surface area contributed by atoms with Gasteiger partial charge in [-0.3, -0.25) is 0 Å². The lowest BCUT2D eigenvalue weighted by molar-refractivity contribution is 0.583. The zero-order valence-corrected chi connectivity index (χ0v) is 19.7. The standard InChI is InChI=1S/C21H18Cl2FN5O2S/c1-12-7-9-15(10-8-12)32(30,31)28(11-16-17(22)5-4-6-18(16)24)21-26-20-25-13(2)19(23)14(3)29(20)27-21/h4-10H,11H2,1-3H3. The molecule has 2 aromatic heterocycles. The molecule has 2 aromatic carbocycles. The van der Waals surface area contributed by atoms with Crippen LogP contribution in [-0.2, 0) is 16.6 Å². The van der Waals surface area contributed by atoms with Gasteiger partial charge in [0.15, 0.2) is 0 Å². The van der Waals surface area contributed by atoms with E-state index in [1.807, 2.05) is 6.92 Å². The summed E-state index contributed by atoms with van der Waals surface area (Å²) in [7, 11) is -4.17. The minimum Gasteiger partial charge on any atom is -0.228 e. The Hall–Kier alpha value is -2.75. The molecule has 4 rings (SSSR count). The Balaban J connectivity index is 1.93. The maximum absolute atomic E-state index is 14.6. The normalized spacial score (nSPS) is 11.8. The molecule has 7 nitrogen and oxygen atoms in total. The highest BCUT2D eigenvalue weighted by molar-refractivity contribution is 7.92. The summed E-state index contributed by atoms with van der Waals surface area (Å²) < 4.78 is 44.0. The summed E-state index contributed by atoms with van der Waals surface area (Å²) in [5, 5.41) is 4.80. The molecule has 0 fully saturated rings. The first-order valence-electron chi connectivity index (χ1n) is 9.51. The van der Waals surface area contributed by atoms with Crippen molar-refractivity contribution < 1.29 is 12.8 Å². The summed E-state index contributed by atoms with van der Waals surface area (Å²) in [5.41, 5.74) is 1.97. The molecule has 0 unspecified atom stereocenters. The Morgan fingerprint density at radius 1 is 1.03 bits per heavy atom. The van der Waals surface area contributed by atoms with Crippen LogP contribution in [0.1, 0.15) is 22.5 Å². The molecule has 0 saturated carbocycles. The predicted molar refractivity (Wildman–Crippen MR) is 121 cm³/mol. The lowest BCUT2D eigenvalue weighted by Crippen LogP contribution is -2.32. The van der Waals surface area contributed by atoms with Gasteiger partial charge in [-0.1, -0.05) is 47.0 Å². The number of sulfonamides is 1. The van der Waals surface area contributed by atoms with Gasteiger partial charge >= 0.3 is 0 Å². The van der Waals surface area contributed by atoms with Crippen molar-refractivity contribution in [2.24, 2.45) is 0 Å². The van der Waals surface area contributed by atoms with Crippen molar-refractivity contribution in [3.05, 3.63) is 80.8 Å². The lowest BCUT2D eigenvalue weighted by atomic mass is 10.2. The van der Waals surface area contributed by atoms with Crippen LogP contribution in [0.4, 0.5) is 10.3 Å². The summed E-state index contributed by atoms with van der Waals surface area (Å²) in [4.78, 5) is 8.60. The Bertz CT molecular complexity index is 1420. The minimum atomic E-state index is -4.17. The molecule has 0 radical (unpaired) electrons. The van der Waals surface area contributed by atoms with Crippen molar-refractivity contribution in [2.45, 2.75) is 32.2 Å². The average molecular weight is 494 g/mol. The van der Waals surface area contributed by atoms with Crippen LogP contribution < -0.4 is 4.31 Å². The van der Waals surface area contributed by atoms with Crippen molar-refractivity contribution in [2.75, 3.05) is 4.31 Å². The van der Waals surface area contributed by atoms with Gasteiger partial charge in [-0.05, 0) is 45.0 Å². The van der Waals surface area contributed by atoms with E-state index in [1.54, 1.807) is 26.0 Å². The number of fused-ring (bicyclic) bond motifs is 1. The fourth-order valence-corrected chi connectivity index (χ4v) is 4.85. The third-order valence-corrected chi connectivity index (χ3v) is 7.64. The van der Waals surface area contributed by atoms with Crippen molar-refractivity contribution in [1.82, 2.24) is 19.6 Å². The topological polar surface area (TPSA) is 80.5 Å². The van der Waals surface area contributed by atoms with Gasteiger partial charge in [0.05, 0.1) is 27.9 Å². The number of anilines is 1. The number of rotatable bonds is 5. The van der Waals surface area contributed by atoms with Gasteiger partial charge in [0, 0.05) is 10.6 Å². The SMILES string of the molecule is Cc1ccc(S(=O)(=O)N(Cc2c(F)cccc2Cl)c2nc3nc(C)c(Cl)c(C)n3n2)cc1. The zero-order valence-electron chi connectivity index (χ0n) is 17.3. The highest BCUT2D eigenvalue weighted by Gasteiger charge is 2.31. The number of benzene rings is 2. The molecule has 166 valence electrons. The molecule has 0 saturated heterocycles.